The van der Waals surface area contributed by atoms with Crippen molar-refractivity contribution in [3.8, 4) is 0 Å². The Hall–Kier alpha value is -1.30. The lowest BCUT2D eigenvalue weighted by molar-refractivity contribution is 0.0743. The molecule has 0 bridgehead atoms. The number of carbonyl (C=O) groups excluding carboxylic acids is 1. The van der Waals surface area contributed by atoms with Crippen LogP contribution in [0.4, 0.5) is 10.2 Å². The number of hydrogen-bond donors (Lipinski definition) is 1. The lowest BCUT2D eigenvalue weighted by atomic mass is 10.1. The number of amides is 1. The molecule has 0 fully saturated rings. The molecule has 0 saturated carbocycles. The zero-order valence-corrected chi connectivity index (χ0v) is 14.0. The largest absolute Gasteiger partial charge is 0.369 e. The van der Waals surface area contributed by atoms with Crippen molar-refractivity contribution in [2.45, 2.75) is 32.7 Å². The van der Waals surface area contributed by atoms with Crippen LogP contribution in [-0.4, -0.2) is 47.4 Å². The maximum atomic E-state index is 13.5. The second kappa shape index (κ2) is 8.87. The summed E-state index contributed by atoms with van der Waals surface area (Å²) < 4.78 is 13.5. The van der Waals surface area contributed by atoms with Crippen LogP contribution in [0.15, 0.2) is 12.3 Å². The highest BCUT2D eigenvalue weighted by molar-refractivity contribution is 7.98. The van der Waals surface area contributed by atoms with Crippen LogP contribution in [0.3, 0.4) is 0 Å². The molecule has 4 nitrogen and oxygen atoms in total. The van der Waals surface area contributed by atoms with Gasteiger partial charge < -0.3 is 10.2 Å². The molecule has 1 aromatic heterocycles. The molecule has 118 valence electrons. The quantitative estimate of drug-likeness (QED) is 0.800. The fourth-order valence-corrected chi connectivity index (χ4v) is 2.88. The fourth-order valence-electron chi connectivity index (χ4n) is 2.04. The summed E-state index contributed by atoms with van der Waals surface area (Å²) in [5, 5.41) is 3.08. The van der Waals surface area contributed by atoms with Crippen LogP contribution >= 0.6 is 11.8 Å². The Balaban J connectivity index is 3.01. The molecule has 0 aliphatic rings. The summed E-state index contributed by atoms with van der Waals surface area (Å²) in [4.78, 5) is 18.3. The Labute approximate surface area is 130 Å². The third-order valence-electron chi connectivity index (χ3n) is 3.33. The molecule has 1 aromatic rings. The van der Waals surface area contributed by atoms with E-state index in [1.807, 2.05) is 20.1 Å². The molecule has 1 heterocycles. The zero-order chi connectivity index (χ0) is 15.8. The first kappa shape index (κ1) is 17.8. The molecule has 0 aliphatic carbocycles. The van der Waals surface area contributed by atoms with E-state index in [-0.39, 0.29) is 11.9 Å². The van der Waals surface area contributed by atoms with E-state index < -0.39 is 5.82 Å². The van der Waals surface area contributed by atoms with Crippen molar-refractivity contribution in [1.29, 1.82) is 0 Å². The molecule has 1 rings (SSSR count). The van der Waals surface area contributed by atoms with Gasteiger partial charge in [-0.3, -0.25) is 4.79 Å². The van der Waals surface area contributed by atoms with Crippen molar-refractivity contribution >= 4 is 23.5 Å². The normalized spacial score (nSPS) is 12.0. The second-order valence-electron chi connectivity index (χ2n) is 4.91. The van der Waals surface area contributed by atoms with Crippen LogP contribution in [0, 0.1) is 5.82 Å². The van der Waals surface area contributed by atoms with Gasteiger partial charge in [0.25, 0.3) is 5.91 Å². The molecule has 0 saturated heterocycles. The Kier molecular flexibility index (Phi) is 7.50. The first-order valence-corrected chi connectivity index (χ1v) is 8.59. The molecular weight excluding hydrogens is 289 g/mol. The maximum Gasteiger partial charge on any atom is 0.257 e. The zero-order valence-electron chi connectivity index (χ0n) is 13.1. The summed E-state index contributed by atoms with van der Waals surface area (Å²) in [7, 11) is 1.77. The SMILES string of the molecule is CCCNc1ncc(F)cc1C(=O)N(C)C(CC)CSC. The van der Waals surface area contributed by atoms with Gasteiger partial charge in [0.2, 0.25) is 0 Å². The van der Waals surface area contributed by atoms with E-state index in [0.29, 0.717) is 17.9 Å². The molecule has 1 N–H and O–H groups in total. The Bertz CT molecular complexity index is 470. The van der Waals surface area contributed by atoms with E-state index in [2.05, 4.69) is 10.3 Å². The molecule has 6 heteroatoms. The summed E-state index contributed by atoms with van der Waals surface area (Å²) in [5.74, 6) is 0.626. The summed E-state index contributed by atoms with van der Waals surface area (Å²) in [5.41, 5.74) is 0.297. The van der Waals surface area contributed by atoms with Crippen molar-refractivity contribution in [1.82, 2.24) is 9.88 Å². The summed E-state index contributed by atoms with van der Waals surface area (Å²) in [6.07, 6.45) is 4.92. The topological polar surface area (TPSA) is 45.2 Å². The minimum absolute atomic E-state index is 0.134. The molecule has 21 heavy (non-hydrogen) atoms. The number of thioether (sulfide) groups is 1. The third-order valence-corrected chi connectivity index (χ3v) is 4.04. The molecule has 0 aliphatic heterocycles. The Morgan fingerprint density at radius 3 is 2.81 bits per heavy atom. The van der Waals surface area contributed by atoms with Crippen molar-refractivity contribution in [2.24, 2.45) is 0 Å². The first-order valence-electron chi connectivity index (χ1n) is 7.20. The number of nitrogens with one attached hydrogen (secondary N) is 1. The first-order chi connectivity index (χ1) is 10.0. The average molecular weight is 313 g/mol. The predicted molar refractivity (Wildman–Crippen MR) is 87.5 cm³/mol. The monoisotopic (exact) mass is 313 g/mol. The summed E-state index contributed by atoms with van der Waals surface area (Å²) >= 11 is 1.70. The highest BCUT2D eigenvalue weighted by atomic mass is 32.2. The Morgan fingerprint density at radius 2 is 2.24 bits per heavy atom. The van der Waals surface area contributed by atoms with Crippen molar-refractivity contribution in [3.05, 3.63) is 23.6 Å². The standard InChI is InChI=1S/C15H24FN3OS/c1-5-7-17-14-13(8-11(16)9-18-14)15(20)19(3)12(6-2)10-21-4/h8-9,12H,5-7,10H2,1-4H3,(H,17,18). The number of rotatable bonds is 8. The molecule has 1 atom stereocenters. The average Bonchev–Trinajstić information content (AvgIpc) is 2.49. The number of hydrogen-bond acceptors (Lipinski definition) is 4. The smallest absolute Gasteiger partial charge is 0.257 e. The van der Waals surface area contributed by atoms with Crippen molar-refractivity contribution in [3.63, 3.8) is 0 Å². The van der Waals surface area contributed by atoms with Gasteiger partial charge in [-0.2, -0.15) is 11.8 Å². The van der Waals surface area contributed by atoms with Crippen LogP contribution in [0.1, 0.15) is 37.0 Å². The summed E-state index contributed by atoms with van der Waals surface area (Å²) in [6, 6.07) is 1.39. The highest BCUT2D eigenvalue weighted by Gasteiger charge is 2.22. The lowest BCUT2D eigenvalue weighted by Crippen LogP contribution is -2.38. The number of aromatic nitrogens is 1. The predicted octanol–water partition coefficient (Wildman–Crippen LogP) is 3.26. The number of nitrogens with zero attached hydrogens (tertiary/aromatic N) is 2. The van der Waals surface area contributed by atoms with Crippen LogP contribution < -0.4 is 5.32 Å². The van der Waals surface area contributed by atoms with Crippen LogP contribution in [0.25, 0.3) is 0 Å². The van der Waals surface area contributed by atoms with Crippen LogP contribution in [0.2, 0.25) is 0 Å². The number of carbonyl (C=O) groups is 1. The van der Waals surface area contributed by atoms with Crippen LogP contribution in [-0.2, 0) is 0 Å². The molecule has 0 spiro atoms. The van der Waals surface area contributed by atoms with Gasteiger partial charge in [-0.15, -0.1) is 0 Å². The number of pyridine rings is 1. The van der Waals surface area contributed by atoms with Gasteiger partial charge in [0, 0.05) is 25.4 Å². The third kappa shape index (κ3) is 4.88. The van der Waals surface area contributed by atoms with Gasteiger partial charge in [0.15, 0.2) is 0 Å². The van der Waals surface area contributed by atoms with E-state index >= 15 is 0 Å². The maximum absolute atomic E-state index is 13.5. The molecular formula is C15H24FN3OS. The molecule has 0 aromatic carbocycles. The van der Waals surface area contributed by atoms with E-state index in [0.717, 1.165) is 24.8 Å². The van der Waals surface area contributed by atoms with E-state index in [4.69, 9.17) is 0 Å². The second-order valence-corrected chi connectivity index (χ2v) is 5.82. The van der Waals surface area contributed by atoms with Gasteiger partial charge in [-0.05, 0) is 25.2 Å². The molecule has 1 unspecified atom stereocenters. The fraction of sp³-hybridized carbons (Fsp3) is 0.600. The van der Waals surface area contributed by atoms with Gasteiger partial charge in [0.05, 0.1) is 11.8 Å². The molecule has 0 radical (unpaired) electrons. The van der Waals surface area contributed by atoms with Crippen LogP contribution in [0.5, 0.6) is 0 Å². The Morgan fingerprint density at radius 1 is 1.52 bits per heavy atom. The lowest BCUT2D eigenvalue weighted by Gasteiger charge is -2.27. The van der Waals surface area contributed by atoms with Crippen molar-refractivity contribution < 1.29 is 9.18 Å². The summed E-state index contributed by atoms with van der Waals surface area (Å²) in [6.45, 7) is 4.77. The van der Waals surface area contributed by atoms with E-state index in [9.17, 15) is 9.18 Å². The number of halogens is 1. The van der Waals surface area contributed by atoms with Gasteiger partial charge in [-0.25, -0.2) is 9.37 Å². The van der Waals surface area contributed by atoms with Crippen molar-refractivity contribution in [2.75, 3.05) is 30.9 Å². The highest BCUT2D eigenvalue weighted by Crippen LogP contribution is 2.19. The van der Waals surface area contributed by atoms with E-state index in [1.54, 1.807) is 23.7 Å². The van der Waals surface area contributed by atoms with Gasteiger partial charge >= 0.3 is 0 Å². The van der Waals surface area contributed by atoms with Gasteiger partial charge in [-0.1, -0.05) is 13.8 Å². The van der Waals surface area contributed by atoms with E-state index in [1.165, 1.54) is 6.07 Å². The minimum Gasteiger partial charge on any atom is -0.369 e. The number of anilines is 1. The van der Waals surface area contributed by atoms with Gasteiger partial charge in [0.1, 0.15) is 11.6 Å². The molecule has 1 amide bonds. The minimum atomic E-state index is -0.494.